The van der Waals surface area contributed by atoms with Gasteiger partial charge in [-0.15, -0.1) is 0 Å². The number of aromatic amines is 1. The summed E-state index contributed by atoms with van der Waals surface area (Å²) < 4.78 is 0. The highest BCUT2D eigenvalue weighted by Crippen LogP contribution is 2.33. The Labute approximate surface area is 136 Å². The Morgan fingerprint density at radius 2 is 1.91 bits per heavy atom. The van der Waals surface area contributed by atoms with Crippen molar-refractivity contribution in [2.45, 2.75) is 44.7 Å². The number of anilines is 1. The zero-order valence-corrected chi connectivity index (χ0v) is 13.2. The Hall–Kier alpha value is -2.14. The van der Waals surface area contributed by atoms with Crippen molar-refractivity contribution in [2.24, 2.45) is 0 Å². The number of fused-ring (bicyclic) bond motifs is 1. The highest BCUT2D eigenvalue weighted by molar-refractivity contribution is 5.91. The van der Waals surface area contributed by atoms with Crippen LogP contribution in [0.25, 0.3) is 0 Å². The molecule has 2 N–H and O–H groups in total. The zero-order chi connectivity index (χ0) is 15.6. The molecule has 5 nitrogen and oxygen atoms in total. The number of rotatable bonds is 4. The number of amides is 1. The largest absolute Gasteiger partial charge is 0.308 e. The molecule has 0 bridgehead atoms. The topological polar surface area (TPSA) is 61.0 Å². The summed E-state index contributed by atoms with van der Waals surface area (Å²) in [6.07, 6.45) is 5.03. The van der Waals surface area contributed by atoms with Crippen LogP contribution in [0.15, 0.2) is 30.3 Å². The van der Waals surface area contributed by atoms with Crippen LogP contribution in [-0.4, -0.2) is 27.5 Å². The highest BCUT2D eigenvalue weighted by Gasteiger charge is 2.22. The number of H-pyrrole nitrogens is 1. The van der Waals surface area contributed by atoms with Gasteiger partial charge in [-0.25, -0.2) is 0 Å². The molecule has 1 amide bonds. The number of carbonyl (C=O) groups excluding carboxylic acids is 1. The van der Waals surface area contributed by atoms with Crippen LogP contribution in [-0.2, 0) is 17.9 Å². The Kier molecular flexibility index (Phi) is 3.87. The van der Waals surface area contributed by atoms with Gasteiger partial charge in [0.15, 0.2) is 5.82 Å². The molecule has 5 heteroatoms. The van der Waals surface area contributed by atoms with Gasteiger partial charge in [0.1, 0.15) is 0 Å². The van der Waals surface area contributed by atoms with Crippen LogP contribution >= 0.6 is 0 Å². The SMILES string of the molecule is O=C(CN1Cc2ccccc2C1)Nc1cc(C2CCCC2)[nH]n1. The second kappa shape index (κ2) is 6.16. The van der Waals surface area contributed by atoms with Crippen LogP contribution in [0.3, 0.4) is 0 Å². The molecule has 23 heavy (non-hydrogen) atoms. The number of benzene rings is 1. The lowest BCUT2D eigenvalue weighted by Gasteiger charge is -2.13. The predicted octanol–water partition coefficient (Wildman–Crippen LogP) is 3.02. The van der Waals surface area contributed by atoms with Gasteiger partial charge < -0.3 is 5.32 Å². The van der Waals surface area contributed by atoms with Gasteiger partial charge in [0.05, 0.1) is 6.54 Å². The third kappa shape index (κ3) is 3.15. The molecule has 1 aromatic heterocycles. The maximum absolute atomic E-state index is 12.2. The van der Waals surface area contributed by atoms with Crippen molar-refractivity contribution >= 4 is 11.7 Å². The summed E-state index contributed by atoms with van der Waals surface area (Å²) >= 11 is 0. The third-order valence-electron chi connectivity index (χ3n) is 4.93. The molecular formula is C18H22N4O. The highest BCUT2D eigenvalue weighted by atomic mass is 16.2. The van der Waals surface area contributed by atoms with Crippen molar-refractivity contribution in [1.82, 2.24) is 15.1 Å². The molecule has 0 saturated heterocycles. The molecular weight excluding hydrogens is 288 g/mol. The normalized spacial score (nSPS) is 18.3. The number of carbonyl (C=O) groups is 1. The number of hydrogen-bond acceptors (Lipinski definition) is 3. The molecule has 0 radical (unpaired) electrons. The van der Waals surface area contributed by atoms with Crippen molar-refractivity contribution < 1.29 is 4.79 Å². The van der Waals surface area contributed by atoms with E-state index in [-0.39, 0.29) is 5.91 Å². The molecule has 1 aromatic carbocycles. The van der Waals surface area contributed by atoms with Crippen molar-refractivity contribution in [3.8, 4) is 0 Å². The third-order valence-corrected chi connectivity index (χ3v) is 4.93. The quantitative estimate of drug-likeness (QED) is 0.912. The molecule has 2 aromatic rings. The number of nitrogens with one attached hydrogen (secondary N) is 2. The molecule has 2 aliphatic rings. The van der Waals surface area contributed by atoms with Crippen molar-refractivity contribution in [1.29, 1.82) is 0 Å². The maximum atomic E-state index is 12.2. The van der Waals surface area contributed by atoms with E-state index in [0.29, 0.717) is 18.3 Å². The summed E-state index contributed by atoms with van der Waals surface area (Å²) in [6, 6.07) is 10.4. The van der Waals surface area contributed by atoms with Gasteiger partial charge in [0.25, 0.3) is 0 Å². The van der Waals surface area contributed by atoms with Gasteiger partial charge in [-0.3, -0.25) is 14.8 Å². The summed E-state index contributed by atoms with van der Waals surface area (Å²) in [5.74, 6) is 1.23. The second-order valence-corrected chi connectivity index (χ2v) is 6.65. The lowest BCUT2D eigenvalue weighted by Crippen LogP contribution is -2.29. The number of aromatic nitrogens is 2. The Morgan fingerprint density at radius 3 is 2.61 bits per heavy atom. The fourth-order valence-corrected chi connectivity index (χ4v) is 3.75. The van der Waals surface area contributed by atoms with Crippen molar-refractivity contribution in [3.05, 3.63) is 47.2 Å². The van der Waals surface area contributed by atoms with E-state index < -0.39 is 0 Å². The van der Waals surface area contributed by atoms with Crippen LogP contribution in [0.4, 0.5) is 5.82 Å². The van der Waals surface area contributed by atoms with Gasteiger partial charge in [-0.1, -0.05) is 37.1 Å². The number of nitrogens with zero attached hydrogens (tertiary/aromatic N) is 2. The minimum absolute atomic E-state index is 0.00211. The van der Waals surface area contributed by atoms with E-state index >= 15 is 0 Å². The standard InChI is InChI=1S/C18H22N4O/c23-18(12-22-10-14-7-3-4-8-15(14)11-22)19-17-9-16(20-21-17)13-5-1-2-6-13/h3-4,7-9,13H,1-2,5-6,10-12H2,(H2,19,20,21,23). The molecule has 4 rings (SSSR count). The van der Waals surface area contributed by atoms with Crippen LogP contribution in [0.5, 0.6) is 0 Å². The average Bonchev–Trinajstić information content (AvgIpc) is 3.26. The first-order valence-electron chi connectivity index (χ1n) is 8.42. The minimum atomic E-state index is 0.00211. The number of hydrogen-bond donors (Lipinski definition) is 2. The summed E-state index contributed by atoms with van der Waals surface area (Å²) in [4.78, 5) is 14.4. The zero-order valence-electron chi connectivity index (χ0n) is 13.2. The summed E-state index contributed by atoms with van der Waals surface area (Å²) in [7, 11) is 0. The molecule has 1 aliphatic carbocycles. The van der Waals surface area contributed by atoms with Crippen LogP contribution in [0.2, 0.25) is 0 Å². The smallest absolute Gasteiger partial charge is 0.239 e. The Balaban J connectivity index is 1.32. The Bertz CT molecular complexity index is 678. The summed E-state index contributed by atoms with van der Waals surface area (Å²) in [6.45, 7) is 2.09. The second-order valence-electron chi connectivity index (χ2n) is 6.65. The molecule has 120 valence electrons. The van der Waals surface area contributed by atoms with E-state index in [1.807, 2.05) is 6.07 Å². The summed E-state index contributed by atoms with van der Waals surface area (Å²) in [5.41, 5.74) is 3.80. The average molecular weight is 310 g/mol. The first kappa shape index (κ1) is 14.5. The Morgan fingerprint density at radius 1 is 1.22 bits per heavy atom. The lowest BCUT2D eigenvalue weighted by atomic mass is 10.0. The predicted molar refractivity (Wildman–Crippen MR) is 89.0 cm³/mol. The van der Waals surface area contributed by atoms with E-state index in [1.54, 1.807) is 0 Å². The van der Waals surface area contributed by atoms with Crippen LogP contribution in [0.1, 0.15) is 48.4 Å². The molecule has 1 fully saturated rings. The molecule has 2 heterocycles. The van der Waals surface area contributed by atoms with Gasteiger partial charge in [-0.05, 0) is 24.0 Å². The maximum Gasteiger partial charge on any atom is 0.239 e. The van der Waals surface area contributed by atoms with Crippen LogP contribution < -0.4 is 5.32 Å². The van der Waals surface area contributed by atoms with E-state index in [1.165, 1.54) is 36.8 Å². The van der Waals surface area contributed by atoms with E-state index in [4.69, 9.17) is 0 Å². The van der Waals surface area contributed by atoms with Crippen molar-refractivity contribution in [2.75, 3.05) is 11.9 Å². The van der Waals surface area contributed by atoms with Crippen LogP contribution in [0, 0.1) is 0 Å². The van der Waals surface area contributed by atoms with Gasteiger partial charge in [-0.2, -0.15) is 5.10 Å². The molecule has 0 spiro atoms. The molecule has 1 aliphatic heterocycles. The van der Waals surface area contributed by atoms with E-state index in [9.17, 15) is 4.79 Å². The lowest BCUT2D eigenvalue weighted by molar-refractivity contribution is -0.117. The molecule has 1 saturated carbocycles. The van der Waals surface area contributed by atoms with Gasteiger partial charge in [0, 0.05) is 30.8 Å². The van der Waals surface area contributed by atoms with E-state index in [0.717, 1.165) is 18.8 Å². The summed E-state index contributed by atoms with van der Waals surface area (Å²) in [5, 5.41) is 10.2. The fraction of sp³-hybridized carbons (Fsp3) is 0.444. The van der Waals surface area contributed by atoms with E-state index in [2.05, 4.69) is 44.7 Å². The van der Waals surface area contributed by atoms with Crippen molar-refractivity contribution in [3.63, 3.8) is 0 Å². The van der Waals surface area contributed by atoms with Gasteiger partial charge in [0.2, 0.25) is 5.91 Å². The minimum Gasteiger partial charge on any atom is -0.308 e. The molecule has 0 unspecified atom stereocenters. The monoisotopic (exact) mass is 310 g/mol. The molecule has 0 atom stereocenters. The van der Waals surface area contributed by atoms with Gasteiger partial charge >= 0.3 is 0 Å². The fourth-order valence-electron chi connectivity index (χ4n) is 3.75. The first-order chi connectivity index (χ1) is 11.3. The first-order valence-corrected chi connectivity index (χ1v) is 8.42.